The number of nitrogens with two attached hydrogens (primary N) is 1. The van der Waals surface area contributed by atoms with Crippen molar-refractivity contribution >= 4 is 0 Å². The fourth-order valence-electron chi connectivity index (χ4n) is 1.58. The van der Waals surface area contributed by atoms with Crippen molar-refractivity contribution in [2.45, 2.75) is 13.0 Å². The van der Waals surface area contributed by atoms with Crippen LogP contribution >= 0.6 is 0 Å². The van der Waals surface area contributed by atoms with E-state index in [-0.39, 0.29) is 6.04 Å². The third-order valence-corrected chi connectivity index (χ3v) is 2.42. The second kappa shape index (κ2) is 4.68. The highest BCUT2D eigenvalue weighted by atomic mass is 16.5. The molecule has 0 saturated heterocycles. The number of nitrogens with zero attached hydrogens (tertiary/aromatic N) is 3. The predicted octanol–water partition coefficient (Wildman–Crippen LogP) is 1.20. The van der Waals surface area contributed by atoms with Crippen LogP contribution in [0.4, 0.5) is 0 Å². The van der Waals surface area contributed by atoms with Crippen molar-refractivity contribution in [1.29, 1.82) is 0 Å². The largest absolute Gasteiger partial charge is 0.469 e. The van der Waals surface area contributed by atoms with Crippen LogP contribution in [0.15, 0.2) is 21.3 Å². The molecule has 6 nitrogen and oxygen atoms in total. The quantitative estimate of drug-likeness (QED) is 0.859. The summed E-state index contributed by atoms with van der Waals surface area (Å²) < 4.78 is 10.4. The lowest BCUT2D eigenvalue weighted by Crippen LogP contribution is -2.26. The van der Waals surface area contributed by atoms with E-state index in [2.05, 4.69) is 10.1 Å². The van der Waals surface area contributed by atoms with Crippen molar-refractivity contribution in [2.24, 2.45) is 5.73 Å². The maximum Gasteiger partial charge on any atom is 0.261 e. The van der Waals surface area contributed by atoms with Gasteiger partial charge < -0.3 is 19.6 Å². The van der Waals surface area contributed by atoms with Gasteiger partial charge in [-0.25, -0.2) is 0 Å². The van der Waals surface area contributed by atoms with Gasteiger partial charge in [0.25, 0.3) is 5.89 Å². The van der Waals surface area contributed by atoms with Crippen LogP contribution in [0, 0.1) is 6.92 Å². The van der Waals surface area contributed by atoms with Crippen LogP contribution in [-0.4, -0.2) is 35.7 Å². The zero-order valence-corrected chi connectivity index (χ0v) is 10.2. The molecule has 2 rings (SSSR count). The van der Waals surface area contributed by atoms with Crippen LogP contribution in [0.3, 0.4) is 0 Å². The molecule has 0 spiro atoms. The Morgan fingerprint density at radius 2 is 2.24 bits per heavy atom. The molecule has 2 heterocycles. The molecule has 0 amide bonds. The standard InChI is InChI=1S/C11H16N4O2/c1-7-8(4-5-16-7)11-13-10(14-17-11)9(12)6-15(2)3/h4-5,9H,6,12H2,1-3H3. The molecule has 0 aliphatic heterocycles. The number of hydrogen-bond donors (Lipinski definition) is 1. The number of aromatic nitrogens is 2. The molecule has 0 radical (unpaired) electrons. The maximum absolute atomic E-state index is 5.95. The van der Waals surface area contributed by atoms with E-state index in [1.807, 2.05) is 25.9 Å². The Labute approximate surface area is 99.4 Å². The number of furan rings is 1. The van der Waals surface area contributed by atoms with Gasteiger partial charge in [-0.3, -0.25) is 0 Å². The van der Waals surface area contributed by atoms with Crippen LogP contribution in [0.1, 0.15) is 17.6 Å². The van der Waals surface area contributed by atoms with Gasteiger partial charge in [0.15, 0.2) is 5.82 Å². The summed E-state index contributed by atoms with van der Waals surface area (Å²) in [5, 5.41) is 3.89. The molecule has 6 heteroatoms. The molecule has 0 aliphatic carbocycles. The summed E-state index contributed by atoms with van der Waals surface area (Å²) in [5.41, 5.74) is 6.76. The van der Waals surface area contributed by atoms with Gasteiger partial charge in [-0.05, 0) is 27.1 Å². The Kier molecular flexibility index (Phi) is 3.26. The third-order valence-electron chi connectivity index (χ3n) is 2.42. The summed E-state index contributed by atoms with van der Waals surface area (Å²) in [6.07, 6.45) is 1.59. The van der Waals surface area contributed by atoms with Gasteiger partial charge in [-0.2, -0.15) is 4.98 Å². The summed E-state index contributed by atoms with van der Waals surface area (Å²) in [6.45, 7) is 2.52. The molecule has 0 aliphatic rings. The minimum absolute atomic E-state index is 0.255. The second-order valence-electron chi connectivity index (χ2n) is 4.22. The lowest BCUT2D eigenvalue weighted by molar-refractivity contribution is 0.357. The molecular formula is C11H16N4O2. The number of rotatable bonds is 4. The summed E-state index contributed by atoms with van der Waals surface area (Å²) in [6, 6.07) is 1.54. The molecule has 0 bridgehead atoms. The molecule has 1 unspecified atom stereocenters. The molecule has 0 fully saturated rings. The van der Waals surface area contributed by atoms with Crippen LogP contribution in [0.5, 0.6) is 0 Å². The Balaban J connectivity index is 2.19. The lowest BCUT2D eigenvalue weighted by Gasteiger charge is -2.12. The number of hydrogen-bond acceptors (Lipinski definition) is 6. The SMILES string of the molecule is Cc1occc1-c1nc(C(N)CN(C)C)no1. The van der Waals surface area contributed by atoms with Gasteiger partial charge in [-0.15, -0.1) is 0 Å². The van der Waals surface area contributed by atoms with Crippen molar-refractivity contribution in [3.63, 3.8) is 0 Å². The minimum atomic E-state index is -0.255. The predicted molar refractivity (Wildman–Crippen MR) is 62.2 cm³/mol. The number of likely N-dealkylation sites (N-methyl/N-ethyl adjacent to an activating group) is 1. The maximum atomic E-state index is 5.95. The van der Waals surface area contributed by atoms with Crippen LogP contribution in [0.25, 0.3) is 11.5 Å². The lowest BCUT2D eigenvalue weighted by atomic mass is 10.2. The number of aryl methyl sites for hydroxylation is 1. The van der Waals surface area contributed by atoms with Crippen LogP contribution in [-0.2, 0) is 0 Å². The minimum Gasteiger partial charge on any atom is -0.469 e. The first-order valence-corrected chi connectivity index (χ1v) is 5.36. The van der Waals surface area contributed by atoms with Gasteiger partial charge in [-0.1, -0.05) is 5.16 Å². The Morgan fingerprint density at radius 3 is 2.82 bits per heavy atom. The molecular weight excluding hydrogens is 220 g/mol. The van der Waals surface area contributed by atoms with E-state index in [1.165, 1.54) is 0 Å². The molecule has 17 heavy (non-hydrogen) atoms. The highest BCUT2D eigenvalue weighted by molar-refractivity contribution is 5.54. The van der Waals surface area contributed by atoms with Crippen molar-refractivity contribution in [3.8, 4) is 11.5 Å². The van der Waals surface area contributed by atoms with Crippen molar-refractivity contribution in [3.05, 3.63) is 23.9 Å². The van der Waals surface area contributed by atoms with Gasteiger partial charge >= 0.3 is 0 Å². The van der Waals surface area contributed by atoms with Crippen molar-refractivity contribution in [2.75, 3.05) is 20.6 Å². The molecule has 92 valence electrons. The average molecular weight is 236 g/mol. The molecule has 2 aromatic heterocycles. The highest BCUT2D eigenvalue weighted by Gasteiger charge is 2.17. The van der Waals surface area contributed by atoms with E-state index in [1.54, 1.807) is 12.3 Å². The first kappa shape index (κ1) is 11.8. The molecule has 2 N–H and O–H groups in total. The fourth-order valence-corrected chi connectivity index (χ4v) is 1.58. The van der Waals surface area contributed by atoms with Crippen LogP contribution < -0.4 is 5.73 Å². The Bertz CT molecular complexity index is 489. The average Bonchev–Trinajstić information content (AvgIpc) is 2.84. The second-order valence-corrected chi connectivity index (χ2v) is 4.22. The van der Waals surface area contributed by atoms with E-state index < -0.39 is 0 Å². The first-order valence-electron chi connectivity index (χ1n) is 5.36. The summed E-state index contributed by atoms with van der Waals surface area (Å²) in [7, 11) is 3.89. The van der Waals surface area contributed by atoms with E-state index in [4.69, 9.17) is 14.7 Å². The van der Waals surface area contributed by atoms with E-state index in [9.17, 15) is 0 Å². The molecule has 2 aromatic rings. The normalized spacial score (nSPS) is 13.2. The van der Waals surface area contributed by atoms with Gasteiger partial charge in [0.2, 0.25) is 0 Å². The Morgan fingerprint density at radius 1 is 1.47 bits per heavy atom. The Hall–Kier alpha value is -1.66. The van der Waals surface area contributed by atoms with Crippen LogP contribution in [0.2, 0.25) is 0 Å². The van der Waals surface area contributed by atoms with E-state index >= 15 is 0 Å². The molecule has 0 saturated carbocycles. The van der Waals surface area contributed by atoms with Crippen molar-refractivity contribution < 1.29 is 8.94 Å². The van der Waals surface area contributed by atoms with Crippen molar-refractivity contribution in [1.82, 2.24) is 15.0 Å². The first-order chi connectivity index (χ1) is 8.08. The summed E-state index contributed by atoms with van der Waals surface area (Å²) >= 11 is 0. The van der Waals surface area contributed by atoms with Gasteiger partial charge in [0.05, 0.1) is 17.9 Å². The zero-order valence-electron chi connectivity index (χ0n) is 10.2. The van der Waals surface area contributed by atoms with Gasteiger partial charge in [0.1, 0.15) is 5.76 Å². The molecule has 1 atom stereocenters. The summed E-state index contributed by atoms with van der Waals surface area (Å²) in [5.74, 6) is 1.70. The van der Waals surface area contributed by atoms with Gasteiger partial charge in [0, 0.05) is 6.54 Å². The topological polar surface area (TPSA) is 81.3 Å². The fraction of sp³-hybridized carbons (Fsp3) is 0.455. The zero-order chi connectivity index (χ0) is 12.4. The highest BCUT2D eigenvalue weighted by Crippen LogP contribution is 2.23. The van der Waals surface area contributed by atoms with E-state index in [0.29, 0.717) is 18.3 Å². The summed E-state index contributed by atoms with van der Waals surface area (Å²) in [4.78, 5) is 6.25. The molecule has 0 aromatic carbocycles. The smallest absolute Gasteiger partial charge is 0.261 e. The van der Waals surface area contributed by atoms with E-state index in [0.717, 1.165) is 11.3 Å². The monoisotopic (exact) mass is 236 g/mol. The third kappa shape index (κ3) is 2.54.